The molecule has 0 spiro atoms. The first-order valence-corrected chi connectivity index (χ1v) is 7.69. The number of amides is 1. The Morgan fingerprint density at radius 2 is 2.20 bits per heavy atom. The molecule has 2 unspecified atom stereocenters. The van der Waals surface area contributed by atoms with Crippen LogP contribution in [0.15, 0.2) is 28.7 Å². The number of hydrogen-bond donors (Lipinski definition) is 2. The third kappa shape index (κ3) is 3.52. The third-order valence-corrected chi connectivity index (χ3v) is 4.48. The molecule has 0 bridgehead atoms. The van der Waals surface area contributed by atoms with Gasteiger partial charge in [-0.1, -0.05) is 12.1 Å². The number of ether oxygens (including phenoxy) is 1. The number of nitrogens with one attached hydrogen (secondary N) is 1. The zero-order valence-corrected chi connectivity index (χ0v) is 13.4. The minimum atomic E-state index is -0.557. The highest BCUT2D eigenvalue weighted by atomic mass is 79.9. The highest BCUT2D eigenvalue weighted by molar-refractivity contribution is 9.10. The second-order valence-corrected chi connectivity index (χ2v) is 6.43. The lowest BCUT2D eigenvalue weighted by atomic mass is 9.95. The smallest absolute Gasteiger partial charge is 0.261 e. The zero-order valence-electron chi connectivity index (χ0n) is 11.9. The molecular weight excluding hydrogens is 320 g/mol. The largest absolute Gasteiger partial charge is 0.480 e. The van der Waals surface area contributed by atoms with E-state index in [2.05, 4.69) is 21.2 Å². The van der Waals surface area contributed by atoms with Gasteiger partial charge in [0.25, 0.3) is 5.91 Å². The van der Waals surface area contributed by atoms with Crippen LogP contribution in [-0.2, 0) is 4.79 Å². The van der Waals surface area contributed by atoms with Crippen LogP contribution in [-0.4, -0.2) is 24.1 Å². The summed E-state index contributed by atoms with van der Waals surface area (Å²) in [7, 11) is 0. The highest BCUT2D eigenvalue weighted by Gasteiger charge is 2.42. The van der Waals surface area contributed by atoms with Crippen LogP contribution in [0.3, 0.4) is 0 Å². The molecule has 110 valence electrons. The summed E-state index contributed by atoms with van der Waals surface area (Å²) in [6.45, 7) is 4.21. The van der Waals surface area contributed by atoms with Gasteiger partial charge in [0.2, 0.25) is 0 Å². The van der Waals surface area contributed by atoms with Gasteiger partial charge < -0.3 is 15.8 Å². The Morgan fingerprint density at radius 3 is 2.75 bits per heavy atom. The van der Waals surface area contributed by atoms with Crippen molar-refractivity contribution < 1.29 is 9.53 Å². The van der Waals surface area contributed by atoms with Crippen LogP contribution < -0.4 is 15.8 Å². The van der Waals surface area contributed by atoms with Gasteiger partial charge in [0.1, 0.15) is 5.75 Å². The summed E-state index contributed by atoms with van der Waals surface area (Å²) >= 11 is 3.41. The molecule has 4 nitrogen and oxygen atoms in total. The molecule has 0 heterocycles. The van der Waals surface area contributed by atoms with Gasteiger partial charge >= 0.3 is 0 Å². The SMILES string of the molecule is CC(Oc1ccccc1Br)C(=O)NC(C)(CN)C1CC1. The van der Waals surface area contributed by atoms with Crippen LogP contribution in [0.1, 0.15) is 26.7 Å². The lowest BCUT2D eigenvalue weighted by Gasteiger charge is -2.31. The zero-order chi connectivity index (χ0) is 14.8. The first-order valence-electron chi connectivity index (χ1n) is 6.89. The molecule has 1 saturated carbocycles. The lowest BCUT2D eigenvalue weighted by Crippen LogP contribution is -2.56. The van der Waals surface area contributed by atoms with Gasteiger partial charge in [-0.15, -0.1) is 0 Å². The van der Waals surface area contributed by atoms with Crippen LogP contribution in [0.5, 0.6) is 5.75 Å². The molecule has 1 aliphatic rings. The molecule has 1 fully saturated rings. The molecule has 1 aliphatic carbocycles. The van der Waals surface area contributed by atoms with Crippen molar-refractivity contribution in [1.29, 1.82) is 0 Å². The van der Waals surface area contributed by atoms with E-state index in [9.17, 15) is 4.79 Å². The summed E-state index contributed by atoms with van der Waals surface area (Å²) in [6, 6.07) is 7.49. The Hall–Kier alpha value is -1.07. The molecule has 1 amide bonds. The number of halogens is 1. The fourth-order valence-electron chi connectivity index (χ4n) is 2.21. The standard InChI is InChI=1S/C15H21BrN2O2/c1-10(20-13-6-4-3-5-12(13)16)14(19)18-15(2,9-17)11-7-8-11/h3-6,10-11H,7-9,17H2,1-2H3,(H,18,19). The maximum absolute atomic E-state index is 12.3. The van der Waals surface area contributed by atoms with Crippen molar-refractivity contribution in [2.45, 2.75) is 38.3 Å². The minimum absolute atomic E-state index is 0.124. The maximum Gasteiger partial charge on any atom is 0.261 e. The van der Waals surface area contributed by atoms with Crippen molar-refractivity contribution in [2.24, 2.45) is 11.7 Å². The third-order valence-electron chi connectivity index (χ3n) is 3.82. The van der Waals surface area contributed by atoms with E-state index in [4.69, 9.17) is 10.5 Å². The second-order valence-electron chi connectivity index (χ2n) is 5.58. The summed E-state index contributed by atoms with van der Waals surface area (Å²) < 4.78 is 6.53. The molecule has 0 aliphatic heterocycles. The number of carbonyl (C=O) groups is 1. The maximum atomic E-state index is 12.3. The van der Waals surface area contributed by atoms with Crippen LogP contribution in [0, 0.1) is 5.92 Å². The average molecular weight is 341 g/mol. The number of rotatable bonds is 6. The first kappa shape index (κ1) is 15.3. The second kappa shape index (κ2) is 6.14. The topological polar surface area (TPSA) is 64.3 Å². The van der Waals surface area contributed by atoms with Gasteiger partial charge in [-0.25, -0.2) is 0 Å². The number of carbonyl (C=O) groups excluding carboxylic acids is 1. The molecule has 1 aromatic rings. The van der Waals surface area contributed by atoms with E-state index in [-0.39, 0.29) is 11.4 Å². The van der Waals surface area contributed by atoms with Crippen LogP contribution in [0.2, 0.25) is 0 Å². The first-order chi connectivity index (χ1) is 9.46. The summed E-state index contributed by atoms with van der Waals surface area (Å²) in [6.07, 6.45) is 1.71. The van der Waals surface area contributed by atoms with Crippen molar-refractivity contribution in [3.8, 4) is 5.75 Å². The summed E-state index contributed by atoms with van der Waals surface area (Å²) in [5.74, 6) is 1.03. The van der Waals surface area contributed by atoms with Gasteiger partial charge in [-0.05, 0) is 60.7 Å². The molecular formula is C15H21BrN2O2. The quantitative estimate of drug-likeness (QED) is 0.835. The number of para-hydroxylation sites is 1. The van der Waals surface area contributed by atoms with Gasteiger partial charge in [0, 0.05) is 6.54 Å². The summed E-state index contributed by atoms with van der Waals surface area (Å²) in [5, 5.41) is 3.04. The Balaban J connectivity index is 1.97. The molecule has 20 heavy (non-hydrogen) atoms. The Morgan fingerprint density at radius 1 is 1.55 bits per heavy atom. The Labute approximate surface area is 128 Å². The van der Waals surface area contributed by atoms with Crippen molar-refractivity contribution >= 4 is 21.8 Å². The minimum Gasteiger partial charge on any atom is -0.480 e. The fraction of sp³-hybridized carbons (Fsp3) is 0.533. The van der Waals surface area contributed by atoms with Crippen LogP contribution in [0.25, 0.3) is 0 Å². The molecule has 2 rings (SSSR count). The van der Waals surface area contributed by atoms with Gasteiger partial charge in [0.15, 0.2) is 6.10 Å². The molecule has 5 heteroatoms. The monoisotopic (exact) mass is 340 g/mol. The molecule has 2 atom stereocenters. The van der Waals surface area contributed by atoms with Crippen LogP contribution >= 0.6 is 15.9 Å². The summed E-state index contributed by atoms with van der Waals surface area (Å²) in [4.78, 5) is 12.3. The molecule has 0 saturated heterocycles. The van der Waals surface area contributed by atoms with E-state index in [1.807, 2.05) is 31.2 Å². The Kier molecular flexibility index (Phi) is 4.70. The van der Waals surface area contributed by atoms with Crippen molar-refractivity contribution in [3.63, 3.8) is 0 Å². The van der Waals surface area contributed by atoms with E-state index in [0.717, 1.165) is 17.3 Å². The molecule has 0 radical (unpaired) electrons. The predicted molar refractivity (Wildman–Crippen MR) is 82.6 cm³/mol. The van der Waals surface area contributed by atoms with Crippen LogP contribution in [0.4, 0.5) is 0 Å². The van der Waals surface area contributed by atoms with E-state index >= 15 is 0 Å². The molecule has 0 aromatic heterocycles. The van der Waals surface area contributed by atoms with E-state index in [0.29, 0.717) is 18.2 Å². The van der Waals surface area contributed by atoms with E-state index in [1.54, 1.807) is 6.92 Å². The lowest BCUT2D eigenvalue weighted by molar-refractivity contribution is -0.129. The van der Waals surface area contributed by atoms with Gasteiger partial charge in [-0.3, -0.25) is 4.79 Å². The van der Waals surface area contributed by atoms with Gasteiger partial charge in [0.05, 0.1) is 10.0 Å². The number of hydrogen-bond acceptors (Lipinski definition) is 3. The molecule has 3 N–H and O–H groups in total. The van der Waals surface area contributed by atoms with Crippen molar-refractivity contribution in [1.82, 2.24) is 5.32 Å². The van der Waals surface area contributed by atoms with E-state index < -0.39 is 6.10 Å². The predicted octanol–water partition coefficient (Wildman–Crippen LogP) is 2.46. The fourth-order valence-corrected chi connectivity index (χ4v) is 2.59. The number of nitrogens with two attached hydrogens (primary N) is 1. The average Bonchev–Trinajstić information content (AvgIpc) is 3.26. The van der Waals surface area contributed by atoms with E-state index in [1.165, 1.54) is 0 Å². The highest BCUT2D eigenvalue weighted by Crippen LogP contribution is 2.39. The normalized spacial score (nSPS) is 19.0. The molecule has 1 aromatic carbocycles. The summed E-state index contributed by atoms with van der Waals surface area (Å²) in [5.41, 5.74) is 5.49. The van der Waals surface area contributed by atoms with Gasteiger partial charge in [-0.2, -0.15) is 0 Å². The van der Waals surface area contributed by atoms with Crippen molar-refractivity contribution in [2.75, 3.05) is 6.54 Å². The Bertz CT molecular complexity index is 491. The number of benzene rings is 1. The van der Waals surface area contributed by atoms with Crippen molar-refractivity contribution in [3.05, 3.63) is 28.7 Å².